The Labute approximate surface area is 117 Å². The number of amides is 1. The van der Waals surface area contributed by atoms with Crippen molar-refractivity contribution < 1.29 is 14.7 Å². The first kappa shape index (κ1) is 14.5. The Morgan fingerprint density at radius 3 is 2.75 bits per heavy atom. The molecule has 1 saturated carbocycles. The molecule has 1 fully saturated rings. The van der Waals surface area contributed by atoms with Crippen LogP contribution in [0.4, 0.5) is 5.69 Å². The highest BCUT2D eigenvalue weighted by atomic mass is 16.4. The van der Waals surface area contributed by atoms with Crippen molar-refractivity contribution in [1.82, 2.24) is 9.78 Å². The van der Waals surface area contributed by atoms with Crippen molar-refractivity contribution in [2.75, 3.05) is 5.32 Å². The SMILES string of the molecule is NC1CCC(C(=O)Nc2cnn(CCC(=O)O)c2)CC1. The van der Waals surface area contributed by atoms with Crippen LogP contribution < -0.4 is 11.1 Å². The molecular formula is C13H20N4O3. The van der Waals surface area contributed by atoms with Crippen LogP contribution in [-0.4, -0.2) is 32.8 Å². The number of anilines is 1. The molecule has 7 heteroatoms. The number of nitrogens with zero attached hydrogens (tertiary/aromatic N) is 2. The zero-order chi connectivity index (χ0) is 14.5. The molecule has 1 heterocycles. The number of carboxylic acid groups (broad SMARTS) is 1. The number of nitrogens with two attached hydrogens (primary N) is 1. The van der Waals surface area contributed by atoms with Crippen LogP contribution >= 0.6 is 0 Å². The van der Waals surface area contributed by atoms with E-state index in [0.29, 0.717) is 12.2 Å². The topological polar surface area (TPSA) is 110 Å². The summed E-state index contributed by atoms with van der Waals surface area (Å²) in [5.41, 5.74) is 6.42. The molecule has 20 heavy (non-hydrogen) atoms. The number of carboxylic acids is 1. The van der Waals surface area contributed by atoms with Gasteiger partial charge in [0.05, 0.1) is 24.8 Å². The lowest BCUT2D eigenvalue weighted by molar-refractivity contribution is -0.137. The smallest absolute Gasteiger partial charge is 0.305 e. The molecule has 0 spiro atoms. The Balaban J connectivity index is 1.83. The Hall–Kier alpha value is -1.89. The van der Waals surface area contributed by atoms with Crippen LogP contribution in [-0.2, 0) is 16.1 Å². The van der Waals surface area contributed by atoms with Crippen LogP contribution in [0.1, 0.15) is 32.1 Å². The first-order valence-corrected chi connectivity index (χ1v) is 6.85. The number of rotatable bonds is 5. The van der Waals surface area contributed by atoms with E-state index in [2.05, 4.69) is 10.4 Å². The molecule has 0 unspecified atom stereocenters. The van der Waals surface area contributed by atoms with Gasteiger partial charge in [0, 0.05) is 18.2 Å². The molecule has 4 N–H and O–H groups in total. The molecule has 1 aromatic heterocycles. The second-order valence-electron chi connectivity index (χ2n) is 5.24. The summed E-state index contributed by atoms with van der Waals surface area (Å²) >= 11 is 0. The number of carbonyl (C=O) groups is 2. The maximum Gasteiger partial charge on any atom is 0.305 e. The maximum absolute atomic E-state index is 12.1. The van der Waals surface area contributed by atoms with E-state index in [1.54, 1.807) is 6.20 Å². The fourth-order valence-corrected chi connectivity index (χ4v) is 2.39. The molecule has 0 atom stereocenters. The summed E-state index contributed by atoms with van der Waals surface area (Å²) in [5, 5.41) is 15.4. The summed E-state index contributed by atoms with van der Waals surface area (Å²) in [6.45, 7) is 0.295. The molecule has 2 rings (SSSR count). The third kappa shape index (κ3) is 4.06. The second kappa shape index (κ2) is 6.51. The lowest BCUT2D eigenvalue weighted by Gasteiger charge is -2.24. The Bertz CT molecular complexity index is 478. The number of hydrogen-bond donors (Lipinski definition) is 3. The van der Waals surface area contributed by atoms with Crippen molar-refractivity contribution in [2.45, 2.75) is 44.7 Å². The van der Waals surface area contributed by atoms with Crippen LogP contribution in [0.5, 0.6) is 0 Å². The van der Waals surface area contributed by atoms with Crippen LogP contribution in [0.15, 0.2) is 12.4 Å². The van der Waals surface area contributed by atoms with E-state index < -0.39 is 5.97 Å². The first-order valence-electron chi connectivity index (χ1n) is 6.85. The highest BCUT2D eigenvalue weighted by molar-refractivity contribution is 5.92. The van der Waals surface area contributed by atoms with Crippen molar-refractivity contribution in [3.63, 3.8) is 0 Å². The Morgan fingerprint density at radius 2 is 2.10 bits per heavy atom. The van der Waals surface area contributed by atoms with E-state index in [-0.39, 0.29) is 24.3 Å². The summed E-state index contributed by atoms with van der Waals surface area (Å²) in [6, 6.07) is 0.220. The maximum atomic E-state index is 12.1. The van der Waals surface area contributed by atoms with Gasteiger partial charge in [0.2, 0.25) is 5.91 Å². The van der Waals surface area contributed by atoms with Crippen LogP contribution in [0.3, 0.4) is 0 Å². The number of aryl methyl sites for hydroxylation is 1. The van der Waals surface area contributed by atoms with Crippen molar-refractivity contribution in [3.05, 3.63) is 12.4 Å². The standard InChI is InChI=1S/C13H20N4O3/c14-10-3-1-9(2-4-10)13(20)16-11-7-15-17(8-11)6-5-12(18)19/h7-10H,1-6,14H2,(H,16,20)(H,18,19). The molecule has 1 aliphatic carbocycles. The van der Waals surface area contributed by atoms with Crippen LogP contribution in [0.25, 0.3) is 0 Å². The fraction of sp³-hybridized carbons (Fsp3) is 0.615. The van der Waals surface area contributed by atoms with Gasteiger partial charge in [-0.25, -0.2) is 0 Å². The second-order valence-corrected chi connectivity index (χ2v) is 5.24. The molecule has 0 bridgehead atoms. The molecule has 0 aromatic carbocycles. The summed E-state index contributed by atoms with van der Waals surface area (Å²) < 4.78 is 1.51. The van der Waals surface area contributed by atoms with Crippen LogP contribution in [0, 0.1) is 5.92 Å². The monoisotopic (exact) mass is 280 g/mol. The average Bonchev–Trinajstić information content (AvgIpc) is 2.84. The van der Waals surface area contributed by atoms with E-state index in [4.69, 9.17) is 10.8 Å². The number of aliphatic carboxylic acids is 1. The van der Waals surface area contributed by atoms with Gasteiger partial charge in [-0.15, -0.1) is 0 Å². The van der Waals surface area contributed by atoms with Gasteiger partial charge in [0.25, 0.3) is 0 Å². The molecule has 1 aliphatic rings. The largest absolute Gasteiger partial charge is 0.481 e. The fourth-order valence-electron chi connectivity index (χ4n) is 2.39. The molecule has 0 radical (unpaired) electrons. The quantitative estimate of drug-likeness (QED) is 0.739. The van der Waals surface area contributed by atoms with E-state index in [0.717, 1.165) is 25.7 Å². The van der Waals surface area contributed by atoms with Crippen molar-refractivity contribution in [1.29, 1.82) is 0 Å². The molecule has 0 aliphatic heterocycles. The van der Waals surface area contributed by atoms with E-state index in [1.165, 1.54) is 10.9 Å². The number of aromatic nitrogens is 2. The summed E-state index contributed by atoms with van der Waals surface area (Å²) in [4.78, 5) is 22.5. The number of nitrogens with one attached hydrogen (secondary N) is 1. The van der Waals surface area contributed by atoms with Crippen molar-refractivity contribution in [3.8, 4) is 0 Å². The number of hydrogen-bond acceptors (Lipinski definition) is 4. The Morgan fingerprint density at radius 1 is 1.40 bits per heavy atom. The minimum Gasteiger partial charge on any atom is -0.481 e. The summed E-state index contributed by atoms with van der Waals surface area (Å²) in [6.07, 6.45) is 6.60. The van der Waals surface area contributed by atoms with Gasteiger partial charge < -0.3 is 16.2 Å². The summed E-state index contributed by atoms with van der Waals surface area (Å²) in [7, 11) is 0. The lowest BCUT2D eigenvalue weighted by Crippen LogP contribution is -2.32. The zero-order valence-corrected chi connectivity index (χ0v) is 11.3. The highest BCUT2D eigenvalue weighted by Gasteiger charge is 2.24. The van der Waals surface area contributed by atoms with Gasteiger partial charge in [0.15, 0.2) is 0 Å². The third-order valence-electron chi connectivity index (χ3n) is 3.60. The molecule has 0 saturated heterocycles. The van der Waals surface area contributed by atoms with E-state index in [9.17, 15) is 9.59 Å². The minimum absolute atomic E-state index is 0.00492. The summed E-state index contributed by atoms with van der Waals surface area (Å²) in [5.74, 6) is -0.864. The predicted molar refractivity (Wildman–Crippen MR) is 73.0 cm³/mol. The lowest BCUT2D eigenvalue weighted by atomic mass is 9.86. The van der Waals surface area contributed by atoms with Crippen LogP contribution in [0.2, 0.25) is 0 Å². The zero-order valence-electron chi connectivity index (χ0n) is 11.3. The highest BCUT2D eigenvalue weighted by Crippen LogP contribution is 2.24. The first-order chi connectivity index (χ1) is 9.54. The van der Waals surface area contributed by atoms with Gasteiger partial charge >= 0.3 is 5.97 Å². The van der Waals surface area contributed by atoms with Crippen molar-refractivity contribution in [2.24, 2.45) is 11.7 Å². The number of carbonyl (C=O) groups excluding carboxylic acids is 1. The molecule has 1 aromatic rings. The minimum atomic E-state index is -0.871. The van der Waals surface area contributed by atoms with Gasteiger partial charge in [-0.1, -0.05) is 0 Å². The predicted octanol–water partition coefficient (Wildman–Crippen LogP) is 0.814. The normalized spacial score (nSPS) is 22.4. The average molecular weight is 280 g/mol. The molecular weight excluding hydrogens is 260 g/mol. The van der Waals surface area contributed by atoms with Gasteiger partial charge in [-0.2, -0.15) is 5.10 Å². The van der Waals surface area contributed by atoms with Gasteiger partial charge in [0.1, 0.15) is 0 Å². The molecule has 7 nitrogen and oxygen atoms in total. The molecule has 110 valence electrons. The van der Waals surface area contributed by atoms with Gasteiger partial charge in [-0.05, 0) is 25.7 Å². The molecule has 1 amide bonds. The van der Waals surface area contributed by atoms with E-state index in [1.807, 2.05) is 0 Å². The third-order valence-corrected chi connectivity index (χ3v) is 3.60. The van der Waals surface area contributed by atoms with Gasteiger partial charge in [-0.3, -0.25) is 14.3 Å². The van der Waals surface area contributed by atoms with E-state index >= 15 is 0 Å². The van der Waals surface area contributed by atoms with Crippen molar-refractivity contribution >= 4 is 17.6 Å². The Kier molecular flexibility index (Phi) is 4.73.